The van der Waals surface area contributed by atoms with Gasteiger partial charge in [0.15, 0.2) is 11.6 Å². The van der Waals surface area contributed by atoms with Crippen LogP contribution in [-0.4, -0.2) is 43.5 Å². The first-order valence-corrected chi connectivity index (χ1v) is 11.0. The summed E-state index contributed by atoms with van der Waals surface area (Å²) >= 11 is 0. The van der Waals surface area contributed by atoms with Gasteiger partial charge in [0.25, 0.3) is 6.02 Å². The number of benzene rings is 1. The van der Waals surface area contributed by atoms with Crippen molar-refractivity contribution in [2.75, 3.05) is 12.8 Å². The topological polar surface area (TPSA) is 94.5 Å². The lowest BCUT2D eigenvalue weighted by Gasteiger charge is -2.27. The number of aromatic nitrogens is 4. The Morgan fingerprint density at radius 1 is 1.14 bits per heavy atom. The van der Waals surface area contributed by atoms with Gasteiger partial charge in [0.2, 0.25) is 5.95 Å². The molecule has 0 fully saturated rings. The van der Waals surface area contributed by atoms with Crippen LogP contribution < -0.4 is 10.5 Å². The van der Waals surface area contributed by atoms with Crippen LogP contribution in [0.3, 0.4) is 0 Å². The highest BCUT2D eigenvalue weighted by Crippen LogP contribution is 2.42. The number of hydrogen-bond acceptors (Lipinski definition) is 7. The van der Waals surface area contributed by atoms with E-state index in [0.717, 1.165) is 0 Å². The summed E-state index contributed by atoms with van der Waals surface area (Å²) in [5, 5.41) is 0.457. The molecule has 0 saturated heterocycles. The van der Waals surface area contributed by atoms with Gasteiger partial charge in [-0.25, -0.2) is 24.3 Å². The molecule has 0 saturated carbocycles. The second-order valence-electron chi connectivity index (χ2n) is 8.27. The number of halogens is 2. The van der Waals surface area contributed by atoms with Gasteiger partial charge in [-0.1, -0.05) is 12.0 Å². The Labute approximate surface area is 205 Å². The Morgan fingerprint density at radius 3 is 2.67 bits per heavy atom. The summed E-state index contributed by atoms with van der Waals surface area (Å²) in [6.45, 7) is 1.96. The number of terminal acetylenes is 1. The zero-order chi connectivity index (χ0) is 25.6. The molecule has 10 heteroatoms. The Balaban J connectivity index is 1.68. The van der Waals surface area contributed by atoms with Gasteiger partial charge in [-0.05, 0) is 42.8 Å². The minimum absolute atomic E-state index is 0.0101. The first kappa shape index (κ1) is 23.0. The number of likely N-dealkylation sites (N-methyl/N-ethyl adjacent to an activating group) is 1. The molecule has 1 aliphatic rings. The van der Waals surface area contributed by atoms with E-state index in [0.29, 0.717) is 27.9 Å². The van der Waals surface area contributed by atoms with E-state index in [9.17, 15) is 0 Å². The van der Waals surface area contributed by atoms with Crippen LogP contribution in [0.2, 0.25) is 0 Å². The summed E-state index contributed by atoms with van der Waals surface area (Å²) in [6, 6.07) is 7.81. The minimum Gasteiger partial charge on any atom is -0.423 e. The Bertz CT molecular complexity index is 1620. The number of nitrogens with two attached hydrogens (primary N) is 1. The predicted molar refractivity (Wildman–Crippen MR) is 134 cm³/mol. The van der Waals surface area contributed by atoms with E-state index in [1.807, 2.05) is 13.0 Å². The summed E-state index contributed by atoms with van der Waals surface area (Å²) in [4.78, 5) is 18.2. The number of nitrogens with zero attached hydrogens (tertiary/aromatic N) is 6. The number of rotatable bonds is 3. The van der Waals surface area contributed by atoms with Gasteiger partial charge in [-0.15, -0.1) is 6.42 Å². The standard InChI is InChI=1S/C26H21F2N7O/c1-5-16-7-8-17(23(28)33-16)22-20(21-24(29)31-13-32-25(21)35(22)4)15-6-9-19(18(27)12-15)36-26-30-11-10-14(2)34(26)3/h1,6-14H,2-4H3,(H2,29,31,32). The van der Waals surface area contributed by atoms with E-state index >= 15 is 8.78 Å². The molecule has 8 nitrogen and oxygen atoms in total. The molecule has 2 N–H and O–H groups in total. The number of pyridine rings is 1. The molecule has 0 amide bonds. The van der Waals surface area contributed by atoms with Crippen LogP contribution in [0, 0.1) is 24.1 Å². The average Bonchev–Trinajstić information content (AvgIpc) is 3.16. The molecular weight excluding hydrogens is 464 g/mol. The largest absolute Gasteiger partial charge is 0.423 e. The number of nitrogen functional groups attached to an aromatic ring is 1. The van der Waals surface area contributed by atoms with Crippen molar-refractivity contribution in [2.45, 2.75) is 13.0 Å². The number of amidine groups is 1. The molecule has 0 radical (unpaired) electrons. The molecule has 1 aliphatic heterocycles. The highest BCUT2D eigenvalue weighted by molar-refractivity contribution is 6.07. The molecule has 1 atom stereocenters. The van der Waals surface area contributed by atoms with Crippen molar-refractivity contribution in [3.8, 4) is 40.5 Å². The molecular formula is C26H21F2N7O. The van der Waals surface area contributed by atoms with Crippen molar-refractivity contribution in [3.05, 3.63) is 66.4 Å². The summed E-state index contributed by atoms with van der Waals surface area (Å²) in [5.41, 5.74) is 8.25. The number of aryl methyl sites for hydroxylation is 1. The van der Waals surface area contributed by atoms with Crippen molar-refractivity contribution in [2.24, 2.45) is 12.0 Å². The van der Waals surface area contributed by atoms with Gasteiger partial charge in [0.05, 0.1) is 22.7 Å². The van der Waals surface area contributed by atoms with Crippen molar-refractivity contribution in [1.29, 1.82) is 0 Å². The highest BCUT2D eigenvalue weighted by atomic mass is 19.1. The second kappa shape index (κ2) is 8.78. The lowest BCUT2D eigenvalue weighted by atomic mass is 9.99. The number of ether oxygens (including phenoxy) is 1. The molecule has 1 aromatic carbocycles. The van der Waals surface area contributed by atoms with Crippen molar-refractivity contribution >= 4 is 22.9 Å². The van der Waals surface area contributed by atoms with E-state index in [2.05, 4.69) is 25.9 Å². The lowest BCUT2D eigenvalue weighted by Crippen LogP contribution is -2.39. The second-order valence-corrected chi connectivity index (χ2v) is 8.27. The number of aliphatic imine (C=N–C) groups is 1. The maximum Gasteiger partial charge on any atom is 0.297 e. The molecule has 180 valence electrons. The minimum atomic E-state index is -0.773. The molecule has 4 aromatic rings. The lowest BCUT2D eigenvalue weighted by molar-refractivity contribution is 0.344. The predicted octanol–water partition coefficient (Wildman–Crippen LogP) is 4.12. The maximum absolute atomic E-state index is 15.3. The molecule has 0 spiro atoms. The van der Waals surface area contributed by atoms with Crippen LogP contribution in [0.1, 0.15) is 12.6 Å². The van der Waals surface area contributed by atoms with E-state index in [1.165, 1.54) is 30.6 Å². The first-order valence-electron chi connectivity index (χ1n) is 11.0. The molecule has 3 aromatic heterocycles. The third kappa shape index (κ3) is 3.71. The third-order valence-electron chi connectivity index (χ3n) is 6.13. The van der Waals surface area contributed by atoms with E-state index in [1.54, 1.807) is 35.8 Å². The summed E-state index contributed by atoms with van der Waals surface area (Å²) in [5.74, 6) is 1.07. The molecule has 5 rings (SSSR count). The van der Waals surface area contributed by atoms with Gasteiger partial charge in [0.1, 0.15) is 23.5 Å². The third-order valence-corrected chi connectivity index (χ3v) is 6.13. The van der Waals surface area contributed by atoms with Gasteiger partial charge >= 0.3 is 0 Å². The zero-order valence-corrected chi connectivity index (χ0v) is 19.7. The smallest absolute Gasteiger partial charge is 0.297 e. The Kier molecular flexibility index (Phi) is 5.60. The molecule has 36 heavy (non-hydrogen) atoms. The van der Waals surface area contributed by atoms with E-state index < -0.39 is 11.8 Å². The molecule has 0 bridgehead atoms. The fraction of sp³-hybridized carbons (Fsp3) is 0.154. The van der Waals surface area contributed by atoms with Crippen LogP contribution in [-0.2, 0) is 7.05 Å². The van der Waals surface area contributed by atoms with Crippen LogP contribution in [0.4, 0.5) is 14.6 Å². The van der Waals surface area contributed by atoms with Crippen molar-refractivity contribution in [1.82, 2.24) is 24.4 Å². The van der Waals surface area contributed by atoms with Crippen LogP contribution in [0.25, 0.3) is 33.4 Å². The van der Waals surface area contributed by atoms with Gasteiger partial charge in [-0.2, -0.15) is 4.39 Å². The van der Waals surface area contributed by atoms with Crippen LogP contribution >= 0.6 is 0 Å². The Hall–Kier alpha value is -4.78. The van der Waals surface area contributed by atoms with Crippen molar-refractivity contribution in [3.63, 3.8) is 0 Å². The molecule has 4 heterocycles. The van der Waals surface area contributed by atoms with Gasteiger partial charge < -0.3 is 19.9 Å². The summed E-state index contributed by atoms with van der Waals surface area (Å²) in [6.07, 6.45) is 10.2. The van der Waals surface area contributed by atoms with Crippen molar-refractivity contribution < 1.29 is 13.5 Å². The maximum atomic E-state index is 15.3. The molecule has 1 unspecified atom stereocenters. The summed E-state index contributed by atoms with van der Waals surface area (Å²) in [7, 11) is 3.51. The number of anilines is 1. The Morgan fingerprint density at radius 2 is 1.94 bits per heavy atom. The SMILES string of the molecule is C#Cc1ccc(-c2c(-c3ccc(OC4=NC=CC(C)N4C)c(F)c3)c3c(N)ncnc3n2C)c(F)n1. The van der Waals surface area contributed by atoms with E-state index in [4.69, 9.17) is 16.9 Å². The van der Waals surface area contributed by atoms with Crippen LogP contribution in [0.5, 0.6) is 5.75 Å². The van der Waals surface area contributed by atoms with Crippen LogP contribution in [0.15, 0.2) is 53.9 Å². The zero-order valence-electron chi connectivity index (χ0n) is 19.7. The fourth-order valence-corrected chi connectivity index (χ4v) is 4.12. The monoisotopic (exact) mass is 485 g/mol. The molecule has 0 aliphatic carbocycles. The quantitative estimate of drug-likeness (QED) is 0.347. The first-order chi connectivity index (χ1) is 17.3. The summed E-state index contributed by atoms with van der Waals surface area (Å²) < 4.78 is 37.8. The number of hydrogen-bond donors (Lipinski definition) is 1. The average molecular weight is 485 g/mol. The number of fused-ring (bicyclic) bond motifs is 1. The van der Waals surface area contributed by atoms with Gasteiger partial charge in [-0.3, -0.25) is 0 Å². The van der Waals surface area contributed by atoms with Gasteiger partial charge in [0, 0.05) is 25.9 Å². The normalized spacial score (nSPS) is 15.2. The fourth-order valence-electron chi connectivity index (χ4n) is 4.12. The van der Waals surface area contributed by atoms with E-state index in [-0.39, 0.29) is 34.9 Å². The highest BCUT2D eigenvalue weighted by Gasteiger charge is 2.25.